The standard InChI is InChI=1S/C49H67N3O7/c1-31(54)27-51-28-42-39-13-8-10-33(39)19-21-43-41(42)26-44(52-43)46(56)30-58-48-23-32(16-22-45(48)55)15-20-38-25-36(29-53)47(59-38)14-5-3-2-4-11-37(50)24-35-18-17-34-9-6-7-12-40(34)49(35)57/h6-7,9,12,16-18,22-23,25-26,31,33,35,37,39,42,46-47,49,51,53-54,56-57,59H,2-5,8,10-11,13-15,19-21,24,27-30,50H2,1H3/p+1. The van der Waals surface area contributed by atoms with E-state index in [9.17, 15) is 25.5 Å². The SMILES string of the molecule is CC(O)CNCC1[C+]2C=C(C(O)COc3cc(CC[C-]4C=C(CO)C(CCCCCCC(N)CC5C=Cc6ccccc6C5O)[OH+]4)ccc3O)N=C2CCC2CCCC21. The van der Waals surface area contributed by atoms with Crippen LogP contribution in [0.1, 0.15) is 113 Å². The van der Waals surface area contributed by atoms with Crippen LogP contribution in [0.2, 0.25) is 0 Å². The molecule has 2 aromatic carbocycles. The van der Waals surface area contributed by atoms with Crippen molar-refractivity contribution in [1.82, 2.24) is 5.32 Å². The van der Waals surface area contributed by atoms with Crippen LogP contribution in [0.3, 0.4) is 0 Å². The summed E-state index contributed by atoms with van der Waals surface area (Å²) in [7, 11) is 0. The molecule has 0 spiro atoms. The van der Waals surface area contributed by atoms with E-state index in [2.05, 4.69) is 23.5 Å². The summed E-state index contributed by atoms with van der Waals surface area (Å²) >= 11 is 0. The molecular weight excluding hydrogens is 743 g/mol. The maximum absolute atomic E-state index is 11.2. The molecule has 0 bridgehead atoms. The Balaban J connectivity index is 0.821. The quantitative estimate of drug-likeness (QED) is 0.0422. The molecule has 10 nitrogen and oxygen atoms in total. The zero-order chi connectivity index (χ0) is 41.3. The molecular formula is C49H68N3O7+. The third-order valence-corrected chi connectivity index (χ3v) is 13.4. The second-order valence-electron chi connectivity index (χ2n) is 17.8. The number of aliphatic hydroxyl groups is 6. The molecule has 59 heavy (non-hydrogen) atoms. The summed E-state index contributed by atoms with van der Waals surface area (Å²) in [6.07, 6.45) is 21.6. The van der Waals surface area contributed by atoms with Crippen LogP contribution in [-0.4, -0.2) is 86.6 Å². The summed E-state index contributed by atoms with van der Waals surface area (Å²) in [5, 5.41) is 56.2. The Hall–Kier alpha value is -3.61. The first kappa shape index (κ1) is 43.5. The zero-order valence-corrected chi connectivity index (χ0v) is 34.9. The number of phenolic OH excluding ortho intramolecular Hbond substituents is 1. The van der Waals surface area contributed by atoms with Crippen LogP contribution in [0.25, 0.3) is 6.08 Å². The van der Waals surface area contributed by atoms with Crippen molar-refractivity contribution in [3.63, 3.8) is 0 Å². The van der Waals surface area contributed by atoms with Gasteiger partial charge in [0.05, 0.1) is 24.2 Å². The molecule has 0 radical (unpaired) electrons. The smallest absolute Gasteiger partial charge is 0.208 e. The lowest BCUT2D eigenvalue weighted by Gasteiger charge is -2.27. The van der Waals surface area contributed by atoms with Crippen LogP contribution >= 0.6 is 0 Å². The second-order valence-corrected chi connectivity index (χ2v) is 17.8. The molecule has 9 unspecified atom stereocenters. The fourth-order valence-corrected chi connectivity index (χ4v) is 10.2. The van der Waals surface area contributed by atoms with Gasteiger partial charge in [-0.15, -0.1) is 16.6 Å². The summed E-state index contributed by atoms with van der Waals surface area (Å²) in [5.74, 6) is 3.23. The van der Waals surface area contributed by atoms with Gasteiger partial charge in [0.1, 0.15) is 30.4 Å². The lowest BCUT2D eigenvalue weighted by atomic mass is 9.77. The first-order valence-corrected chi connectivity index (χ1v) is 22.4. The van der Waals surface area contributed by atoms with Crippen molar-refractivity contribution >= 4 is 11.8 Å². The lowest BCUT2D eigenvalue weighted by Crippen LogP contribution is -2.36. The highest BCUT2D eigenvalue weighted by Gasteiger charge is 2.49. The number of aryl methyl sites for hydroxylation is 1. The number of fused-ring (bicyclic) bond motifs is 3. The molecule has 2 heterocycles. The molecule has 10 heteroatoms. The molecule has 9 N–H and O–H groups in total. The van der Waals surface area contributed by atoms with Gasteiger partial charge < -0.3 is 46.1 Å². The van der Waals surface area contributed by atoms with Gasteiger partial charge in [0, 0.05) is 44.5 Å². The van der Waals surface area contributed by atoms with Gasteiger partial charge in [-0.3, -0.25) is 0 Å². The largest absolute Gasteiger partial charge is 0.504 e. The number of aromatic hydroxyl groups is 1. The number of nitrogens with zero attached hydrogens (tertiary/aromatic N) is 1. The topological polar surface area (TPSA) is 174 Å². The van der Waals surface area contributed by atoms with Crippen LogP contribution in [0, 0.1) is 35.7 Å². The lowest BCUT2D eigenvalue weighted by molar-refractivity contribution is -0.0552. The Bertz CT molecular complexity index is 1810. The number of hydrogen-bond donors (Lipinski definition) is 7. The number of unbranched alkanes of at least 4 members (excludes halogenated alkanes) is 3. The number of nitrogens with two attached hydrogens (primary N) is 1. The van der Waals surface area contributed by atoms with E-state index in [1.54, 1.807) is 13.0 Å². The van der Waals surface area contributed by atoms with Gasteiger partial charge in [-0.2, -0.15) is 0 Å². The van der Waals surface area contributed by atoms with Crippen LogP contribution < -0.4 is 15.8 Å². The highest BCUT2D eigenvalue weighted by molar-refractivity contribution is 6.03. The third-order valence-electron chi connectivity index (χ3n) is 13.4. The predicted octanol–water partition coefficient (Wildman–Crippen LogP) is 6.57. The average Bonchev–Trinajstić information content (AvgIpc) is 3.97. The van der Waals surface area contributed by atoms with Gasteiger partial charge in [0.2, 0.25) is 5.70 Å². The third kappa shape index (κ3) is 11.2. The molecule has 0 saturated heterocycles. The van der Waals surface area contributed by atoms with Crippen LogP contribution in [0.4, 0.5) is 0 Å². The van der Waals surface area contributed by atoms with Crippen LogP contribution in [-0.2, 0) is 6.42 Å². The van der Waals surface area contributed by atoms with E-state index in [1.807, 2.05) is 42.5 Å². The molecule has 0 amide bonds. The minimum absolute atomic E-state index is 0.000840. The highest BCUT2D eigenvalue weighted by atomic mass is 16.5. The van der Waals surface area contributed by atoms with Crippen molar-refractivity contribution in [3.05, 3.63) is 101 Å². The molecule has 0 aromatic heterocycles. The van der Waals surface area contributed by atoms with Gasteiger partial charge in [-0.25, -0.2) is 0 Å². The predicted molar refractivity (Wildman–Crippen MR) is 233 cm³/mol. The summed E-state index contributed by atoms with van der Waals surface area (Å²) in [4.78, 5) is 4.92. The fourth-order valence-electron chi connectivity index (χ4n) is 10.2. The highest BCUT2D eigenvalue weighted by Crippen LogP contribution is 2.48. The van der Waals surface area contributed by atoms with Crippen LogP contribution in [0.5, 0.6) is 11.5 Å². The summed E-state index contributed by atoms with van der Waals surface area (Å²) in [6, 6.07) is 13.4. The summed E-state index contributed by atoms with van der Waals surface area (Å²) < 4.78 is 11.0. The van der Waals surface area contributed by atoms with E-state index in [4.69, 9.17) is 20.2 Å². The maximum Gasteiger partial charge on any atom is 0.208 e. The molecule has 2 saturated carbocycles. The van der Waals surface area contributed by atoms with Crippen molar-refractivity contribution in [3.8, 4) is 11.5 Å². The molecule has 2 fully saturated rings. The van der Waals surface area contributed by atoms with Gasteiger partial charge >= 0.3 is 0 Å². The van der Waals surface area contributed by atoms with E-state index < -0.39 is 18.3 Å². The molecule has 7 rings (SSSR count). The minimum Gasteiger partial charge on any atom is -0.504 e. The van der Waals surface area contributed by atoms with Gasteiger partial charge in [0.15, 0.2) is 17.6 Å². The molecule has 9 atom stereocenters. The fraction of sp³-hybridized carbons (Fsp3) is 0.571. The Kier molecular flexibility index (Phi) is 15.3. The first-order valence-electron chi connectivity index (χ1n) is 22.4. The van der Waals surface area contributed by atoms with Crippen molar-refractivity contribution in [1.29, 1.82) is 0 Å². The Morgan fingerprint density at radius 1 is 1.08 bits per heavy atom. The number of rotatable bonds is 21. The maximum atomic E-state index is 11.2. The monoisotopic (exact) mass is 811 g/mol. The average molecular weight is 811 g/mol. The number of allylic oxidation sites excluding steroid dienone is 1. The number of aliphatic imine (C=N–C) groups is 1. The molecule has 3 aliphatic carbocycles. The minimum atomic E-state index is -0.932. The van der Waals surface area contributed by atoms with E-state index in [0.29, 0.717) is 48.6 Å². The molecule has 2 aliphatic heterocycles. The number of phenols is 1. The Morgan fingerprint density at radius 3 is 2.78 bits per heavy atom. The second kappa shape index (κ2) is 20.8. The van der Waals surface area contributed by atoms with Crippen LogP contribution in [0.15, 0.2) is 77.0 Å². The van der Waals surface area contributed by atoms with Crippen molar-refractivity contribution in [2.75, 3.05) is 26.3 Å². The summed E-state index contributed by atoms with van der Waals surface area (Å²) in [6.45, 7) is 3.13. The Labute approximate surface area is 351 Å². The molecule has 5 aliphatic rings. The van der Waals surface area contributed by atoms with Crippen molar-refractivity contribution in [2.45, 2.75) is 127 Å². The van der Waals surface area contributed by atoms with Crippen molar-refractivity contribution in [2.24, 2.45) is 34.4 Å². The number of aliphatic hydroxyl groups excluding tert-OH is 4. The van der Waals surface area contributed by atoms with Crippen molar-refractivity contribution < 1.29 is 35.0 Å². The van der Waals surface area contributed by atoms with Gasteiger partial charge in [0.25, 0.3) is 0 Å². The molecule has 320 valence electrons. The number of ether oxygens (including phenoxy) is 2. The van der Waals surface area contributed by atoms with Gasteiger partial charge in [-0.1, -0.05) is 74.6 Å². The number of hydrogen-bond acceptors (Lipinski definition) is 9. The van der Waals surface area contributed by atoms with Gasteiger partial charge in [-0.05, 0) is 92.5 Å². The Morgan fingerprint density at radius 2 is 1.93 bits per heavy atom. The van der Waals surface area contributed by atoms with E-state index in [0.717, 1.165) is 98.4 Å². The normalized spacial score (nSPS) is 26.4. The number of nitrogens with one attached hydrogen (secondary N) is 1. The first-order chi connectivity index (χ1) is 28.7. The number of benzene rings is 2. The zero-order valence-electron chi connectivity index (χ0n) is 34.9. The molecule has 2 aromatic rings. The van der Waals surface area contributed by atoms with E-state index in [1.165, 1.54) is 25.2 Å². The van der Waals surface area contributed by atoms with E-state index in [-0.39, 0.29) is 37.0 Å². The van der Waals surface area contributed by atoms with E-state index >= 15 is 0 Å². The summed E-state index contributed by atoms with van der Waals surface area (Å²) in [5.41, 5.74) is 12.2.